The minimum absolute atomic E-state index is 0.139. The van der Waals surface area contributed by atoms with Crippen LogP contribution in [0.4, 0.5) is 10.6 Å². The van der Waals surface area contributed by atoms with Crippen LogP contribution in [0.5, 0.6) is 0 Å². The maximum atomic E-state index is 12.3. The first-order chi connectivity index (χ1) is 13.5. The molecule has 144 valence electrons. The lowest BCUT2D eigenvalue weighted by molar-refractivity contribution is 0.249. The third kappa shape index (κ3) is 3.89. The number of carbonyl (C=O) groups excluding carboxylic acids is 1. The first-order valence-corrected chi connectivity index (χ1v) is 10.5. The average molecular weight is 397 g/mol. The maximum absolute atomic E-state index is 12.3. The van der Waals surface area contributed by atoms with Gasteiger partial charge in [0.25, 0.3) is 0 Å². The SMILES string of the molecule is O=C(Nc1ccn(CCc2ccncc2)n1)NC1CS(=O)(=O)c2ccccc21. The highest BCUT2D eigenvalue weighted by Gasteiger charge is 2.35. The monoisotopic (exact) mass is 397 g/mol. The zero-order valence-corrected chi connectivity index (χ0v) is 15.8. The summed E-state index contributed by atoms with van der Waals surface area (Å²) in [4.78, 5) is 16.6. The Labute approximate surface area is 162 Å². The molecule has 0 radical (unpaired) electrons. The molecule has 0 spiro atoms. The molecule has 28 heavy (non-hydrogen) atoms. The molecule has 1 atom stereocenters. The minimum atomic E-state index is -3.37. The van der Waals surface area contributed by atoms with E-state index in [0.717, 1.165) is 12.0 Å². The summed E-state index contributed by atoms with van der Waals surface area (Å²) in [6, 6.07) is 11.3. The van der Waals surface area contributed by atoms with E-state index in [1.165, 1.54) is 0 Å². The lowest BCUT2D eigenvalue weighted by atomic mass is 10.1. The summed E-state index contributed by atoms with van der Waals surface area (Å²) < 4.78 is 26.1. The van der Waals surface area contributed by atoms with E-state index in [4.69, 9.17) is 0 Å². The van der Waals surface area contributed by atoms with Crippen LogP contribution < -0.4 is 10.6 Å². The molecule has 1 unspecified atom stereocenters. The fourth-order valence-electron chi connectivity index (χ4n) is 3.23. The highest BCUT2D eigenvalue weighted by atomic mass is 32.2. The molecule has 0 bridgehead atoms. The Morgan fingerprint density at radius 2 is 1.93 bits per heavy atom. The number of anilines is 1. The second-order valence-corrected chi connectivity index (χ2v) is 8.54. The molecular formula is C19H19N5O3S. The van der Waals surface area contributed by atoms with Gasteiger partial charge in [0.2, 0.25) is 0 Å². The van der Waals surface area contributed by atoms with Crippen molar-refractivity contribution in [2.75, 3.05) is 11.1 Å². The van der Waals surface area contributed by atoms with E-state index in [-0.39, 0.29) is 10.6 Å². The van der Waals surface area contributed by atoms with E-state index in [9.17, 15) is 13.2 Å². The third-order valence-electron chi connectivity index (χ3n) is 4.58. The molecular weight excluding hydrogens is 378 g/mol. The number of hydrogen-bond acceptors (Lipinski definition) is 5. The van der Waals surface area contributed by atoms with E-state index < -0.39 is 21.9 Å². The van der Waals surface area contributed by atoms with Gasteiger partial charge in [-0.05, 0) is 35.7 Å². The molecule has 0 saturated carbocycles. The summed E-state index contributed by atoms with van der Waals surface area (Å²) in [7, 11) is -3.37. The third-order valence-corrected chi connectivity index (χ3v) is 6.40. The molecule has 2 N–H and O–H groups in total. The van der Waals surface area contributed by atoms with Gasteiger partial charge in [0.15, 0.2) is 15.7 Å². The molecule has 1 aliphatic rings. The number of amides is 2. The summed E-state index contributed by atoms with van der Waals surface area (Å²) in [6.07, 6.45) is 6.08. The van der Waals surface area contributed by atoms with Crippen LogP contribution in [0.25, 0.3) is 0 Å². The van der Waals surface area contributed by atoms with Crippen LogP contribution >= 0.6 is 0 Å². The molecule has 0 fully saturated rings. The predicted octanol–water partition coefficient (Wildman–Crippen LogP) is 2.17. The van der Waals surface area contributed by atoms with Crippen molar-refractivity contribution in [1.29, 1.82) is 0 Å². The highest BCUT2D eigenvalue weighted by Crippen LogP contribution is 2.32. The second-order valence-electron chi connectivity index (χ2n) is 6.54. The van der Waals surface area contributed by atoms with Gasteiger partial charge in [0.05, 0.1) is 16.7 Å². The summed E-state index contributed by atoms with van der Waals surface area (Å²) in [5, 5.41) is 9.70. The van der Waals surface area contributed by atoms with Crippen molar-refractivity contribution < 1.29 is 13.2 Å². The summed E-state index contributed by atoms with van der Waals surface area (Å²) >= 11 is 0. The minimum Gasteiger partial charge on any atom is -0.330 e. The van der Waals surface area contributed by atoms with Crippen LogP contribution in [-0.2, 0) is 22.8 Å². The number of aromatic nitrogens is 3. The zero-order valence-electron chi connectivity index (χ0n) is 14.9. The molecule has 9 heteroatoms. The molecule has 4 rings (SSSR count). The highest BCUT2D eigenvalue weighted by molar-refractivity contribution is 7.91. The van der Waals surface area contributed by atoms with Crippen molar-refractivity contribution in [3.63, 3.8) is 0 Å². The van der Waals surface area contributed by atoms with E-state index in [2.05, 4.69) is 20.7 Å². The van der Waals surface area contributed by atoms with Crippen LogP contribution in [0.1, 0.15) is 17.2 Å². The molecule has 2 amide bonds. The molecule has 0 aliphatic carbocycles. The van der Waals surface area contributed by atoms with Crippen molar-refractivity contribution in [3.8, 4) is 0 Å². The fraction of sp³-hybridized carbons (Fsp3) is 0.211. The average Bonchev–Trinajstić information content (AvgIpc) is 3.23. The molecule has 1 aliphatic heterocycles. The number of nitrogens with one attached hydrogen (secondary N) is 2. The van der Waals surface area contributed by atoms with Gasteiger partial charge in [-0.1, -0.05) is 18.2 Å². The topological polar surface area (TPSA) is 106 Å². The number of carbonyl (C=O) groups is 1. The van der Waals surface area contributed by atoms with Crippen LogP contribution in [0, 0.1) is 0 Å². The number of nitrogens with zero attached hydrogens (tertiary/aromatic N) is 3. The fourth-order valence-corrected chi connectivity index (χ4v) is 4.96. The Kier molecular flexibility index (Phi) is 4.82. The number of fused-ring (bicyclic) bond motifs is 1. The van der Waals surface area contributed by atoms with Gasteiger partial charge in [-0.15, -0.1) is 0 Å². The van der Waals surface area contributed by atoms with E-state index in [1.807, 2.05) is 12.1 Å². The van der Waals surface area contributed by atoms with Crippen molar-refractivity contribution >= 4 is 21.7 Å². The molecule has 2 aromatic heterocycles. The van der Waals surface area contributed by atoms with E-state index in [1.54, 1.807) is 53.6 Å². The molecule has 3 heterocycles. The van der Waals surface area contributed by atoms with Crippen LogP contribution in [0.15, 0.2) is 66.0 Å². The Morgan fingerprint density at radius 3 is 2.75 bits per heavy atom. The normalized spacial score (nSPS) is 17.1. The summed E-state index contributed by atoms with van der Waals surface area (Å²) in [5.74, 6) is 0.265. The van der Waals surface area contributed by atoms with Gasteiger partial charge in [0.1, 0.15) is 0 Å². The number of urea groups is 1. The number of hydrogen-bond donors (Lipinski definition) is 2. The van der Waals surface area contributed by atoms with Gasteiger partial charge in [-0.25, -0.2) is 13.2 Å². The van der Waals surface area contributed by atoms with Crippen molar-refractivity contribution in [2.24, 2.45) is 0 Å². The van der Waals surface area contributed by atoms with Crippen molar-refractivity contribution in [3.05, 3.63) is 72.2 Å². The number of sulfone groups is 1. The van der Waals surface area contributed by atoms with Gasteiger partial charge in [0, 0.05) is 31.2 Å². The largest absolute Gasteiger partial charge is 0.330 e. The predicted molar refractivity (Wildman–Crippen MR) is 104 cm³/mol. The molecule has 8 nitrogen and oxygen atoms in total. The second kappa shape index (κ2) is 7.43. The number of pyridine rings is 1. The Balaban J connectivity index is 1.36. The van der Waals surface area contributed by atoms with Gasteiger partial charge >= 0.3 is 6.03 Å². The van der Waals surface area contributed by atoms with Crippen molar-refractivity contribution in [1.82, 2.24) is 20.1 Å². The molecule has 1 aromatic carbocycles. The summed E-state index contributed by atoms with van der Waals surface area (Å²) in [6.45, 7) is 0.668. The smallest absolute Gasteiger partial charge is 0.320 e. The standard InChI is InChI=1S/C19H19N5O3S/c25-19(21-16-13-28(26,27)17-4-2-1-3-15(16)17)22-18-8-12-24(23-18)11-7-14-5-9-20-10-6-14/h1-6,8-10,12,16H,7,11,13H2,(H2,21,22,23,25). The van der Waals surface area contributed by atoms with Crippen LogP contribution in [0.3, 0.4) is 0 Å². The summed E-state index contributed by atoms with van der Waals surface area (Å²) in [5.41, 5.74) is 1.76. The Hall–Kier alpha value is -3.20. The van der Waals surface area contributed by atoms with Gasteiger partial charge < -0.3 is 5.32 Å². The lowest BCUT2D eigenvalue weighted by Gasteiger charge is -2.12. The number of aryl methyl sites for hydroxylation is 2. The van der Waals surface area contributed by atoms with Crippen LogP contribution in [0.2, 0.25) is 0 Å². The zero-order chi connectivity index (χ0) is 19.6. The number of rotatable bonds is 5. The lowest BCUT2D eigenvalue weighted by Crippen LogP contribution is -2.33. The van der Waals surface area contributed by atoms with Crippen molar-refractivity contribution in [2.45, 2.75) is 23.9 Å². The number of benzene rings is 1. The first kappa shape index (κ1) is 18.2. The van der Waals surface area contributed by atoms with Gasteiger partial charge in [-0.2, -0.15) is 5.10 Å². The first-order valence-electron chi connectivity index (χ1n) is 8.83. The van der Waals surface area contributed by atoms with E-state index >= 15 is 0 Å². The van der Waals surface area contributed by atoms with E-state index in [0.29, 0.717) is 17.9 Å². The Morgan fingerprint density at radius 1 is 1.14 bits per heavy atom. The quantitative estimate of drug-likeness (QED) is 0.686. The molecule has 3 aromatic rings. The maximum Gasteiger partial charge on any atom is 0.320 e. The Bertz CT molecular complexity index is 1100. The van der Waals surface area contributed by atoms with Crippen LogP contribution in [-0.4, -0.2) is 35.0 Å². The van der Waals surface area contributed by atoms with Gasteiger partial charge in [-0.3, -0.25) is 15.0 Å². The molecule has 0 saturated heterocycles.